The summed E-state index contributed by atoms with van der Waals surface area (Å²) in [6, 6.07) is 0. The van der Waals surface area contributed by atoms with Gasteiger partial charge in [-0.2, -0.15) is 0 Å². The normalized spacial score (nSPS) is 20.3. The monoisotopic (exact) mass is 332 g/mol. The fraction of sp³-hybridized carbons (Fsp3) is 0.348. The number of allylic oxidation sites excluding steroid dienone is 6. The lowest BCUT2D eigenvalue weighted by Gasteiger charge is -2.21. The molecule has 0 saturated heterocycles. The number of nitrogens with zero attached hydrogens (tertiary/aromatic N) is 1. The molecule has 1 unspecified atom stereocenters. The lowest BCUT2D eigenvalue weighted by atomic mass is 9.87. The van der Waals surface area contributed by atoms with Crippen molar-refractivity contribution in [3.05, 3.63) is 63.5 Å². The average molecular weight is 332 g/mol. The summed E-state index contributed by atoms with van der Waals surface area (Å²) >= 11 is 0. The molecular weight excluding hydrogens is 304 g/mol. The molecule has 1 heterocycles. The number of fused-ring (bicyclic) bond motifs is 1. The molecule has 1 atom stereocenters. The van der Waals surface area contributed by atoms with Crippen molar-refractivity contribution in [2.24, 2.45) is 17.6 Å². The van der Waals surface area contributed by atoms with Crippen molar-refractivity contribution in [1.29, 1.82) is 0 Å². The standard InChI is InChI=1S/C23H28N2/c1-14(2)19-10-11-20-17(5)21(12-16(4)24)23(25-22(20)13-19)18-8-6-15(3)7-9-18/h6,8-9,12-15H,4-5,7,10-11,24H2,1-3H3/b21-12+. The Labute approximate surface area is 150 Å². The second-order valence-corrected chi connectivity index (χ2v) is 7.54. The lowest BCUT2D eigenvalue weighted by Crippen LogP contribution is -2.35. The van der Waals surface area contributed by atoms with Crippen molar-refractivity contribution in [2.75, 3.05) is 0 Å². The molecule has 0 fully saturated rings. The van der Waals surface area contributed by atoms with Gasteiger partial charge < -0.3 is 5.73 Å². The Bertz CT molecular complexity index is 910. The quantitative estimate of drug-likeness (QED) is 0.916. The Kier molecular flexibility index (Phi) is 4.80. The van der Waals surface area contributed by atoms with Gasteiger partial charge in [-0.1, -0.05) is 57.7 Å². The molecule has 0 radical (unpaired) electrons. The van der Waals surface area contributed by atoms with E-state index in [2.05, 4.69) is 58.2 Å². The number of pyridine rings is 1. The van der Waals surface area contributed by atoms with E-state index >= 15 is 0 Å². The molecule has 0 bridgehead atoms. The summed E-state index contributed by atoms with van der Waals surface area (Å²) in [5.41, 5.74) is 12.3. The summed E-state index contributed by atoms with van der Waals surface area (Å²) in [5, 5.41) is 2.05. The molecule has 25 heavy (non-hydrogen) atoms. The lowest BCUT2D eigenvalue weighted by molar-refractivity contribution is 0.705. The van der Waals surface area contributed by atoms with E-state index in [9.17, 15) is 0 Å². The van der Waals surface area contributed by atoms with E-state index in [-0.39, 0.29) is 0 Å². The third-order valence-corrected chi connectivity index (χ3v) is 5.13. The first-order valence-electron chi connectivity index (χ1n) is 9.14. The Morgan fingerprint density at radius 2 is 2.12 bits per heavy atom. The van der Waals surface area contributed by atoms with Gasteiger partial charge in [0.05, 0.1) is 11.4 Å². The van der Waals surface area contributed by atoms with Crippen LogP contribution in [0.2, 0.25) is 0 Å². The highest BCUT2D eigenvalue weighted by Crippen LogP contribution is 2.27. The molecule has 0 amide bonds. The smallest absolute Gasteiger partial charge is 0.0785 e. The second kappa shape index (κ2) is 6.87. The van der Waals surface area contributed by atoms with Gasteiger partial charge in [-0.25, -0.2) is 4.98 Å². The zero-order chi connectivity index (χ0) is 18.1. The highest BCUT2D eigenvalue weighted by Gasteiger charge is 2.18. The van der Waals surface area contributed by atoms with E-state index in [0.717, 1.165) is 46.7 Å². The van der Waals surface area contributed by atoms with E-state index in [1.165, 1.54) is 11.1 Å². The number of hydrogen-bond acceptors (Lipinski definition) is 2. The third-order valence-electron chi connectivity index (χ3n) is 5.13. The Morgan fingerprint density at radius 3 is 2.72 bits per heavy atom. The van der Waals surface area contributed by atoms with Crippen molar-refractivity contribution < 1.29 is 0 Å². The van der Waals surface area contributed by atoms with Crippen molar-refractivity contribution in [1.82, 2.24) is 4.98 Å². The number of rotatable bonds is 3. The van der Waals surface area contributed by atoms with Crippen molar-refractivity contribution in [3.8, 4) is 0 Å². The molecule has 2 aliphatic carbocycles. The third kappa shape index (κ3) is 3.53. The average Bonchev–Trinajstić information content (AvgIpc) is 2.57. The molecule has 0 saturated carbocycles. The summed E-state index contributed by atoms with van der Waals surface area (Å²) in [7, 11) is 0. The van der Waals surface area contributed by atoms with Crippen LogP contribution in [0, 0.1) is 11.8 Å². The van der Waals surface area contributed by atoms with Crippen molar-refractivity contribution in [3.63, 3.8) is 0 Å². The van der Waals surface area contributed by atoms with Crippen molar-refractivity contribution >= 4 is 24.3 Å². The molecule has 2 aliphatic rings. The zero-order valence-electron chi connectivity index (χ0n) is 15.6. The van der Waals surface area contributed by atoms with Crippen LogP contribution in [0.3, 0.4) is 0 Å². The molecule has 2 heteroatoms. The summed E-state index contributed by atoms with van der Waals surface area (Å²) in [6.07, 6.45) is 14.0. The maximum Gasteiger partial charge on any atom is 0.0785 e. The van der Waals surface area contributed by atoms with E-state index in [1.807, 2.05) is 6.08 Å². The highest BCUT2D eigenvalue weighted by atomic mass is 14.7. The minimum Gasteiger partial charge on any atom is -0.399 e. The SMILES string of the molecule is C=C(N)/C=c1/c(C2=CCC(C)C=C2)nc2c(c1=C)CCC(C(C)C)=C2. The molecule has 130 valence electrons. The molecular formula is C23H28N2. The van der Waals surface area contributed by atoms with Crippen LogP contribution in [0.25, 0.3) is 24.3 Å². The zero-order valence-corrected chi connectivity index (χ0v) is 15.6. The van der Waals surface area contributed by atoms with E-state index in [4.69, 9.17) is 10.7 Å². The summed E-state index contributed by atoms with van der Waals surface area (Å²) in [4.78, 5) is 5.04. The topological polar surface area (TPSA) is 38.9 Å². The van der Waals surface area contributed by atoms with Crippen LogP contribution >= 0.6 is 0 Å². The van der Waals surface area contributed by atoms with E-state index in [1.54, 1.807) is 0 Å². The molecule has 1 aromatic heterocycles. The molecule has 0 aromatic carbocycles. The van der Waals surface area contributed by atoms with Gasteiger partial charge in [0.25, 0.3) is 0 Å². The number of aromatic nitrogens is 1. The highest BCUT2D eigenvalue weighted by molar-refractivity contribution is 5.75. The molecule has 3 rings (SSSR count). The van der Waals surface area contributed by atoms with Crippen LogP contribution in [0.1, 0.15) is 50.6 Å². The van der Waals surface area contributed by atoms with Crippen LogP contribution in [-0.2, 0) is 6.42 Å². The number of nitrogens with two attached hydrogens (primary N) is 1. The minimum atomic E-state index is 0.538. The predicted octanol–water partition coefficient (Wildman–Crippen LogP) is 3.71. The van der Waals surface area contributed by atoms with Gasteiger partial charge in [-0.15, -0.1) is 0 Å². The van der Waals surface area contributed by atoms with E-state index < -0.39 is 0 Å². The number of hydrogen-bond donors (Lipinski definition) is 1. The first kappa shape index (κ1) is 17.5. The van der Waals surface area contributed by atoms with Gasteiger partial charge in [-0.3, -0.25) is 0 Å². The van der Waals surface area contributed by atoms with Gasteiger partial charge in [0.15, 0.2) is 0 Å². The molecule has 1 aromatic rings. The van der Waals surface area contributed by atoms with Crippen LogP contribution in [-0.4, -0.2) is 4.98 Å². The summed E-state index contributed by atoms with van der Waals surface area (Å²) in [6.45, 7) is 15.0. The first-order valence-corrected chi connectivity index (χ1v) is 9.14. The maximum absolute atomic E-state index is 5.90. The summed E-state index contributed by atoms with van der Waals surface area (Å²) < 4.78 is 0. The van der Waals surface area contributed by atoms with Crippen LogP contribution < -0.4 is 16.2 Å². The van der Waals surface area contributed by atoms with Crippen molar-refractivity contribution in [2.45, 2.75) is 40.0 Å². The van der Waals surface area contributed by atoms with Crippen LogP contribution in [0.15, 0.2) is 36.1 Å². The van der Waals surface area contributed by atoms with Crippen LogP contribution in [0.5, 0.6) is 0 Å². The fourth-order valence-electron chi connectivity index (χ4n) is 3.54. The molecule has 0 aliphatic heterocycles. The van der Waals surface area contributed by atoms with Gasteiger partial charge in [0, 0.05) is 10.9 Å². The van der Waals surface area contributed by atoms with Gasteiger partial charge >= 0.3 is 0 Å². The Balaban J connectivity index is 2.26. The second-order valence-electron chi connectivity index (χ2n) is 7.54. The van der Waals surface area contributed by atoms with Gasteiger partial charge in [0.2, 0.25) is 0 Å². The maximum atomic E-state index is 5.90. The van der Waals surface area contributed by atoms with Gasteiger partial charge in [-0.05, 0) is 59.6 Å². The predicted molar refractivity (Wildman–Crippen MR) is 109 cm³/mol. The van der Waals surface area contributed by atoms with E-state index in [0.29, 0.717) is 17.5 Å². The van der Waals surface area contributed by atoms with Gasteiger partial charge in [0.1, 0.15) is 0 Å². The fourth-order valence-corrected chi connectivity index (χ4v) is 3.54. The Morgan fingerprint density at radius 1 is 1.36 bits per heavy atom. The Hall–Kier alpha value is -2.35. The molecule has 2 N–H and O–H groups in total. The van der Waals surface area contributed by atoms with Crippen LogP contribution in [0.4, 0.5) is 0 Å². The first-order chi connectivity index (χ1) is 11.9. The molecule has 2 nitrogen and oxygen atoms in total. The largest absolute Gasteiger partial charge is 0.399 e. The summed E-state index contributed by atoms with van der Waals surface area (Å²) in [5.74, 6) is 1.13. The molecule has 0 spiro atoms. The minimum absolute atomic E-state index is 0.538.